The van der Waals surface area contributed by atoms with Crippen molar-refractivity contribution in [3.63, 3.8) is 0 Å². The summed E-state index contributed by atoms with van der Waals surface area (Å²) in [7, 11) is 0. The number of aromatic nitrogens is 2. The third-order valence-corrected chi connectivity index (χ3v) is 4.02. The van der Waals surface area contributed by atoms with Crippen molar-refractivity contribution in [3.8, 4) is 11.3 Å². The highest BCUT2D eigenvalue weighted by molar-refractivity contribution is 5.84. The fourth-order valence-corrected chi connectivity index (χ4v) is 2.68. The number of nitro groups is 1. The molecular weight excluding hydrogens is 376 g/mol. The first-order chi connectivity index (χ1) is 14.0. The number of anilines is 1. The smallest absolute Gasteiger partial charge is 0.411 e. The van der Waals surface area contributed by atoms with E-state index in [9.17, 15) is 19.7 Å². The molecule has 0 aliphatic carbocycles. The predicted octanol–water partition coefficient (Wildman–Crippen LogP) is 3.44. The molecule has 0 unspecified atom stereocenters. The van der Waals surface area contributed by atoms with E-state index in [4.69, 9.17) is 4.74 Å². The van der Waals surface area contributed by atoms with E-state index in [2.05, 4.69) is 10.4 Å². The third-order valence-electron chi connectivity index (χ3n) is 4.02. The number of ether oxygens (including phenoxy) is 1. The maximum absolute atomic E-state index is 12.2. The van der Waals surface area contributed by atoms with E-state index >= 15 is 0 Å². The molecule has 0 aliphatic heterocycles. The van der Waals surface area contributed by atoms with Crippen LogP contribution >= 0.6 is 0 Å². The molecule has 9 heteroatoms. The SMILES string of the molecule is CCOC(=O)Nc1cccc(Cn2nc(-c3ccc([N+](=O)[O-])cc3)ccc2=O)c1. The standard InChI is InChI=1S/C20H18N4O5/c1-2-29-20(26)21-16-5-3-4-14(12-16)13-23-19(25)11-10-18(22-23)15-6-8-17(9-7-15)24(27)28/h3-12H,2,13H2,1H3,(H,21,26). The molecule has 3 aromatic rings. The van der Waals surface area contributed by atoms with Crippen molar-refractivity contribution in [2.75, 3.05) is 11.9 Å². The number of nitrogens with zero attached hydrogens (tertiary/aromatic N) is 3. The maximum atomic E-state index is 12.2. The highest BCUT2D eigenvalue weighted by Gasteiger charge is 2.09. The first-order valence-electron chi connectivity index (χ1n) is 8.82. The second kappa shape index (κ2) is 8.79. The Balaban J connectivity index is 1.83. The molecule has 2 aromatic carbocycles. The quantitative estimate of drug-likeness (QED) is 0.506. The zero-order valence-electron chi connectivity index (χ0n) is 15.6. The number of hydrogen-bond acceptors (Lipinski definition) is 6. The Morgan fingerprint density at radius 2 is 1.93 bits per heavy atom. The van der Waals surface area contributed by atoms with Gasteiger partial charge in [0.05, 0.1) is 23.8 Å². The van der Waals surface area contributed by atoms with E-state index < -0.39 is 11.0 Å². The predicted molar refractivity (Wildman–Crippen MR) is 107 cm³/mol. The molecule has 1 N–H and O–H groups in total. The van der Waals surface area contributed by atoms with Gasteiger partial charge < -0.3 is 4.74 Å². The molecular formula is C20H18N4O5. The van der Waals surface area contributed by atoms with Gasteiger partial charge in [0.25, 0.3) is 11.2 Å². The van der Waals surface area contributed by atoms with E-state index in [0.29, 0.717) is 16.9 Å². The van der Waals surface area contributed by atoms with Crippen molar-refractivity contribution >= 4 is 17.5 Å². The van der Waals surface area contributed by atoms with Crippen LogP contribution in [0.25, 0.3) is 11.3 Å². The number of amides is 1. The van der Waals surface area contributed by atoms with Crippen molar-refractivity contribution in [1.82, 2.24) is 9.78 Å². The van der Waals surface area contributed by atoms with Crippen LogP contribution in [0.1, 0.15) is 12.5 Å². The number of nitro benzene ring substituents is 1. The molecule has 0 aliphatic rings. The molecule has 0 spiro atoms. The monoisotopic (exact) mass is 394 g/mol. The van der Waals surface area contributed by atoms with Crippen molar-refractivity contribution < 1.29 is 14.5 Å². The minimum Gasteiger partial charge on any atom is -0.450 e. The summed E-state index contributed by atoms with van der Waals surface area (Å²) in [5, 5.41) is 17.8. The van der Waals surface area contributed by atoms with Gasteiger partial charge in [-0.2, -0.15) is 5.10 Å². The number of hydrogen-bond donors (Lipinski definition) is 1. The van der Waals surface area contributed by atoms with Crippen LogP contribution in [0.2, 0.25) is 0 Å². The fraction of sp³-hybridized carbons (Fsp3) is 0.150. The Morgan fingerprint density at radius 3 is 2.62 bits per heavy atom. The van der Waals surface area contributed by atoms with Crippen LogP contribution in [0.3, 0.4) is 0 Å². The van der Waals surface area contributed by atoms with Crippen molar-refractivity contribution in [2.45, 2.75) is 13.5 Å². The highest BCUT2D eigenvalue weighted by atomic mass is 16.6. The van der Waals surface area contributed by atoms with Gasteiger partial charge in [0.2, 0.25) is 0 Å². The number of carbonyl (C=O) groups excluding carboxylic acids is 1. The molecule has 9 nitrogen and oxygen atoms in total. The summed E-state index contributed by atoms with van der Waals surface area (Å²) >= 11 is 0. The Morgan fingerprint density at radius 1 is 1.17 bits per heavy atom. The average Bonchev–Trinajstić information content (AvgIpc) is 2.70. The summed E-state index contributed by atoms with van der Waals surface area (Å²) in [6.45, 7) is 2.17. The van der Waals surface area contributed by atoms with Gasteiger partial charge in [-0.15, -0.1) is 0 Å². The molecule has 29 heavy (non-hydrogen) atoms. The first-order valence-corrected chi connectivity index (χ1v) is 8.82. The van der Waals surface area contributed by atoms with Crippen LogP contribution in [0.5, 0.6) is 0 Å². The molecule has 0 saturated heterocycles. The third kappa shape index (κ3) is 5.04. The Labute approximate surface area is 165 Å². The van der Waals surface area contributed by atoms with E-state index in [-0.39, 0.29) is 24.4 Å². The first kappa shape index (κ1) is 19.7. The molecule has 0 bridgehead atoms. The summed E-state index contributed by atoms with van der Waals surface area (Å²) in [5.74, 6) is 0. The van der Waals surface area contributed by atoms with E-state index in [1.54, 1.807) is 43.3 Å². The largest absolute Gasteiger partial charge is 0.450 e. The summed E-state index contributed by atoms with van der Waals surface area (Å²) < 4.78 is 6.14. The number of rotatable bonds is 6. The lowest BCUT2D eigenvalue weighted by atomic mass is 10.1. The van der Waals surface area contributed by atoms with Crippen LogP contribution in [0, 0.1) is 10.1 Å². The molecule has 148 valence electrons. The summed E-state index contributed by atoms with van der Waals surface area (Å²) in [6, 6.07) is 15.9. The average molecular weight is 394 g/mol. The van der Waals surface area contributed by atoms with Crippen LogP contribution in [0.4, 0.5) is 16.2 Å². The lowest BCUT2D eigenvalue weighted by Gasteiger charge is -2.10. The van der Waals surface area contributed by atoms with Crippen molar-refractivity contribution in [1.29, 1.82) is 0 Å². The van der Waals surface area contributed by atoms with E-state index in [0.717, 1.165) is 5.56 Å². The minimum absolute atomic E-state index is 0.0204. The van der Waals surface area contributed by atoms with Crippen LogP contribution < -0.4 is 10.9 Å². The molecule has 1 aromatic heterocycles. The van der Waals surface area contributed by atoms with Crippen molar-refractivity contribution in [2.24, 2.45) is 0 Å². The summed E-state index contributed by atoms with van der Waals surface area (Å²) in [5.41, 5.74) is 2.16. The van der Waals surface area contributed by atoms with E-state index in [1.807, 2.05) is 6.07 Å². The van der Waals surface area contributed by atoms with E-state index in [1.165, 1.54) is 22.9 Å². The molecule has 3 rings (SSSR count). The number of benzene rings is 2. The minimum atomic E-state index is -0.555. The van der Waals surface area contributed by atoms with Crippen molar-refractivity contribution in [3.05, 3.63) is 86.7 Å². The van der Waals surface area contributed by atoms with Gasteiger partial charge in [0, 0.05) is 29.4 Å². The van der Waals surface area contributed by atoms with Crippen LogP contribution in [0.15, 0.2) is 65.5 Å². The van der Waals surface area contributed by atoms with Gasteiger partial charge in [0.1, 0.15) is 0 Å². The summed E-state index contributed by atoms with van der Waals surface area (Å²) in [6.07, 6.45) is -0.555. The summed E-state index contributed by atoms with van der Waals surface area (Å²) in [4.78, 5) is 34.1. The number of non-ortho nitro benzene ring substituents is 1. The molecule has 0 radical (unpaired) electrons. The van der Waals surface area contributed by atoms with Gasteiger partial charge >= 0.3 is 6.09 Å². The second-order valence-corrected chi connectivity index (χ2v) is 6.06. The number of nitrogens with one attached hydrogen (secondary N) is 1. The molecule has 1 heterocycles. The molecule has 1 amide bonds. The number of carbonyl (C=O) groups is 1. The topological polar surface area (TPSA) is 116 Å². The molecule has 0 saturated carbocycles. The Kier molecular flexibility index (Phi) is 5.98. The second-order valence-electron chi connectivity index (χ2n) is 6.06. The lowest BCUT2D eigenvalue weighted by molar-refractivity contribution is -0.384. The Hall–Kier alpha value is -4.01. The zero-order chi connectivity index (χ0) is 20.8. The maximum Gasteiger partial charge on any atom is 0.411 e. The van der Waals surface area contributed by atoms with Crippen LogP contribution in [-0.2, 0) is 11.3 Å². The normalized spacial score (nSPS) is 10.4. The Bertz CT molecular complexity index is 1090. The van der Waals surface area contributed by atoms with Crippen LogP contribution in [-0.4, -0.2) is 27.4 Å². The van der Waals surface area contributed by atoms with Gasteiger partial charge in [-0.1, -0.05) is 12.1 Å². The molecule has 0 fully saturated rings. The highest BCUT2D eigenvalue weighted by Crippen LogP contribution is 2.20. The van der Waals surface area contributed by atoms with Gasteiger partial charge in [-0.3, -0.25) is 20.2 Å². The van der Waals surface area contributed by atoms with Gasteiger partial charge in [-0.05, 0) is 42.8 Å². The lowest BCUT2D eigenvalue weighted by Crippen LogP contribution is -2.23. The fourth-order valence-electron chi connectivity index (χ4n) is 2.68. The molecule has 0 atom stereocenters. The zero-order valence-corrected chi connectivity index (χ0v) is 15.6. The van der Waals surface area contributed by atoms with Gasteiger partial charge in [0.15, 0.2) is 0 Å². The van der Waals surface area contributed by atoms with Gasteiger partial charge in [-0.25, -0.2) is 9.48 Å².